The number of Topliss-reactive ketones (excluding diaryl/α,β-unsaturated/α-hetero) is 1. The average Bonchev–Trinajstić information content (AvgIpc) is 2.25. The van der Waals surface area contributed by atoms with Crippen LogP contribution >= 0.6 is 0 Å². The lowest BCUT2D eigenvalue weighted by Crippen LogP contribution is -2.34. The van der Waals surface area contributed by atoms with Crippen molar-refractivity contribution in [1.29, 1.82) is 0 Å². The first-order valence-corrected chi connectivity index (χ1v) is 5.64. The molecule has 94 valence electrons. The predicted octanol–water partition coefficient (Wildman–Crippen LogP) is 2.59. The largest absolute Gasteiger partial charge is 0.496 e. The third kappa shape index (κ3) is 3.07. The number of aryl methyl sites for hydroxylation is 1. The van der Waals surface area contributed by atoms with Gasteiger partial charge >= 0.3 is 0 Å². The van der Waals surface area contributed by atoms with E-state index in [1.54, 1.807) is 12.1 Å². The number of hydrogen-bond acceptors (Lipinski definition) is 3. The number of hydrogen-bond donors (Lipinski definition) is 1. The Kier molecular flexibility index (Phi) is 3.94. The SMILES string of the molecule is COc1ccc(C)cc1C(=O)C(O)C(C)(C)C. The quantitative estimate of drug-likeness (QED) is 0.820. The molecule has 1 N–H and O–H groups in total. The van der Waals surface area contributed by atoms with Crippen molar-refractivity contribution in [3.05, 3.63) is 29.3 Å². The molecule has 0 radical (unpaired) electrons. The van der Waals surface area contributed by atoms with Gasteiger partial charge in [-0.1, -0.05) is 32.4 Å². The van der Waals surface area contributed by atoms with Crippen molar-refractivity contribution in [3.8, 4) is 5.75 Å². The van der Waals surface area contributed by atoms with Crippen LogP contribution in [0, 0.1) is 12.3 Å². The lowest BCUT2D eigenvalue weighted by molar-refractivity contribution is 0.0440. The van der Waals surface area contributed by atoms with E-state index < -0.39 is 11.5 Å². The Morgan fingerprint density at radius 1 is 1.35 bits per heavy atom. The van der Waals surface area contributed by atoms with Gasteiger partial charge in [-0.2, -0.15) is 0 Å². The molecule has 1 unspecified atom stereocenters. The van der Waals surface area contributed by atoms with Crippen LogP contribution in [0.5, 0.6) is 5.75 Å². The van der Waals surface area contributed by atoms with Crippen molar-refractivity contribution in [2.75, 3.05) is 7.11 Å². The van der Waals surface area contributed by atoms with E-state index in [0.717, 1.165) is 5.56 Å². The monoisotopic (exact) mass is 236 g/mol. The van der Waals surface area contributed by atoms with Gasteiger partial charge in [0.1, 0.15) is 11.9 Å². The Morgan fingerprint density at radius 3 is 2.41 bits per heavy atom. The van der Waals surface area contributed by atoms with Gasteiger partial charge < -0.3 is 9.84 Å². The van der Waals surface area contributed by atoms with Gasteiger partial charge in [-0.15, -0.1) is 0 Å². The Hall–Kier alpha value is -1.35. The summed E-state index contributed by atoms with van der Waals surface area (Å²) in [6.07, 6.45) is -1.03. The van der Waals surface area contributed by atoms with E-state index in [-0.39, 0.29) is 5.78 Å². The minimum atomic E-state index is -1.03. The number of aliphatic hydroxyl groups excluding tert-OH is 1. The third-order valence-electron chi connectivity index (χ3n) is 2.69. The second-order valence-corrected chi connectivity index (χ2v) is 5.34. The molecule has 1 atom stereocenters. The van der Waals surface area contributed by atoms with Gasteiger partial charge in [-0.25, -0.2) is 0 Å². The summed E-state index contributed by atoms with van der Waals surface area (Å²) in [7, 11) is 1.52. The highest BCUT2D eigenvalue weighted by Crippen LogP contribution is 2.27. The molecule has 0 amide bonds. The summed E-state index contributed by atoms with van der Waals surface area (Å²) in [5.41, 5.74) is 0.927. The number of rotatable bonds is 3. The van der Waals surface area contributed by atoms with Crippen molar-refractivity contribution in [2.24, 2.45) is 5.41 Å². The first-order chi connectivity index (χ1) is 7.77. The van der Waals surface area contributed by atoms with E-state index in [4.69, 9.17) is 4.74 Å². The number of carbonyl (C=O) groups excluding carboxylic acids is 1. The Labute approximate surface area is 102 Å². The van der Waals surface area contributed by atoms with E-state index in [1.807, 2.05) is 33.8 Å². The zero-order valence-electron chi connectivity index (χ0n) is 11.1. The molecule has 3 nitrogen and oxygen atoms in total. The molecular weight excluding hydrogens is 216 g/mol. The first kappa shape index (κ1) is 13.7. The summed E-state index contributed by atoms with van der Waals surface area (Å²) in [4.78, 5) is 12.2. The molecule has 0 saturated carbocycles. The maximum absolute atomic E-state index is 12.2. The van der Waals surface area contributed by atoms with Crippen molar-refractivity contribution in [1.82, 2.24) is 0 Å². The highest BCUT2D eigenvalue weighted by Gasteiger charge is 2.31. The second kappa shape index (κ2) is 4.88. The molecule has 17 heavy (non-hydrogen) atoms. The summed E-state index contributed by atoms with van der Waals surface area (Å²) >= 11 is 0. The first-order valence-electron chi connectivity index (χ1n) is 5.64. The van der Waals surface area contributed by atoms with Crippen molar-refractivity contribution < 1.29 is 14.6 Å². The number of methoxy groups -OCH3 is 1. The summed E-state index contributed by atoms with van der Waals surface area (Å²) in [6, 6.07) is 5.37. The number of benzene rings is 1. The van der Waals surface area contributed by atoms with Gasteiger partial charge in [-0.05, 0) is 24.5 Å². The van der Waals surface area contributed by atoms with Crippen LogP contribution in [0.2, 0.25) is 0 Å². The van der Waals surface area contributed by atoms with Crippen LogP contribution in [0.3, 0.4) is 0 Å². The van der Waals surface area contributed by atoms with Crippen LogP contribution in [0.15, 0.2) is 18.2 Å². The Bertz CT molecular complexity index is 416. The molecule has 0 heterocycles. The average molecular weight is 236 g/mol. The van der Waals surface area contributed by atoms with E-state index in [0.29, 0.717) is 11.3 Å². The van der Waals surface area contributed by atoms with Gasteiger partial charge in [-0.3, -0.25) is 4.79 Å². The van der Waals surface area contributed by atoms with Gasteiger partial charge in [0.2, 0.25) is 0 Å². The lowest BCUT2D eigenvalue weighted by Gasteiger charge is -2.25. The molecular formula is C14H20O3. The molecule has 0 aliphatic heterocycles. The normalized spacial score (nSPS) is 13.3. The van der Waals surface area contributed by atoms with Gasteiger partial charge in [0, 0.05) is 0 Å². The Morgan fingerprint density at radius 2 is 1.94 bits per heavy atom. The highest BCUT2D eigenvalue weighted by atomic mass is 16.5. The molecule has 0 saturated heterocycles. The molecule has 0 aliphatic rings. The molecule has 3 heteroatoms. The zero-order chi connectivity index (χ0) is 13.2. The van der Waals surface area contributed by atoms with E-state index in [1.165, 1.54) is 7.11 Å². The maximum Gasteiger partial charge on any atom is 0.195 e. The summed E-state index contributed by atoms with van der Waals surface area (Å²) in [6.45, 7) is 7.40. The summed E-state index contributed by atoms with van der Waals surface area (Å²) in [5.74, 6) is 0.210. The van der Waals surface area contributed by atoms with Crippen LogP contribution < -0.4 is 4.74 Å². The van der Waals surface area contributed by atoms with Crippen LogP contribution in [0.25, 0.3) is 0 Å². The van der Waals surface area contributed by atoms with Crippen molar-refractivity contribution >= 4 is 5.78 Å². The topological polar surface area (TPSA) is 46.5 Å². The van der Waals surface area contributed by atoms with Gasteiger partial charge in [0.05, 0.1) is 12.7 Å². The van der Waals surface area contributed by atoms with Crippen LogP contribution in [-0.4, -0.2) is 24.1 Å². The number of ketones is 1. The van der Waals surface area contributed by atoms with E-state index >= 15 is 0 Å². The molecule has 0 fully saturated rings. The molecule has 0 aliphatic carbocycles. The second-order valence-electron chi connectivity index (χ2n) is 5.34. The third-order valence-corrected chi connectivity index (χ3v) is 2.69. The van der Waals surface area contributed by atoms with Gasteiger partial charge in [0.25, 0.3) is 0 Å². The summed E-state index contributed by atoms with van der Waals surface area (Å²) < 4.78 is 5.15. The van der Waals surface area contributed by atoms with E-state index in [9.17, 15) is 9.90 Å². The molecule has 0 aromatic heterocycles. The number of carbonyl (C=O) groups is 1. The van der Waals surface area contributed by atoms with Crippen molar-refractivity contribution in [3.63, 3.8) is 0 Å². The highest BCUT2D eigenvalue weighted by molar-refractivity contribution is 6.02. The fourth-order valence-electron chi connectivity index (χ4n) is 1.55. The predicted molar refractivity (Wildman–Crippen MR) is 67.5 cm³/mol. The fourth-order valence-corrected chi connectivity index (χ4v) is 1.55. The lowest BCUT2D eigenvalue weighted by atomic mass is 9.84. The molecule has 0 spiro atoms. The van der Waals surface area contributed by atoms with Crippen LogP contribution in [0.4, 0.5) is 0 Å². The maximum atomic E-state index is 12.2. The van der Waals surface area contributed by atoms with E-state index in [2.05, 4.69) is 0 Å². The summed E-state index contributed by atoms with van der Waals surface area (Å²) in [5, 5.41) is 10.0. The minimum Gasteiger partial charge on any atom is -0.496 e. The molecule has 1 rings (SSSR count). The number of ether oxygens (including phenoxy) is 1. The zero-order valence-corrected chi connectivity index (χ0v) is 11.1. The molecule has 1 aromatic rings. The number of aliphatic hydroxyl groups is 1. The molecule has 0 bridgehead atoms. The fraction of sp³-hybridized carbons (Fsp3) is 0.500. The standard InChI is InChI=1S/C14H20O3/c1-9-6-7-11(17-5)10(8-9)12(15)13(16)14(2,3)4/h6-8,13,16H,1-5H3. The Balaban J connectivity index is 3.16. The minimum absolute atomic E-state index is 0.293. The van der Waals surface area contributed by atoms with Crippen LogP contribution in [-0.2, 0) is 0 Å². The smallest absolute Gasteiger partial charge is 0.195 e. The van der Waals surface area contributed by atoms with Crippen LogP contribution in [0.1, 0.15) is 36.7 Å². The van der Waals surface area contributed by atoms with Gasteiger partial charge in [0.15, 0.2) is 5.78 Å². The molecule has 1 aromatic carbocycles. The van der Waals surface area contributed by atoms with Crippen molar-refractivity contribution in [2.45, 2.75) is 33.8 Å².